The Morgan fingerprint density at radius 3 is 3.00 bits per heavy atom. The zero-order chi connectivity index (χ0) is 12.0. The largest absolute Gasteiger partial charge is 0.469 e. The number of aromatic nitrogens is 3. The van der Waals surface area contributed by atoms with Crippen molar-refractivity contribution in [1.82, 2.24) is 19.7 Å². The number of ether oxygens (including phenoxy) is 1. The molecule has 1 aromatic heterocycles. The fraction of sp³-hybridized carbons (Fsp3) is 0.700. The Kier molecular flexibility index (Phi) is 4.91. The molecule has 0 aromatic carbocycles. The van der Waals surface area contributed by atoms with E-state index in [0.717, 1.165) is 12.4 Å². The summed E-state index contributed by atoms with van der Waals surface area (Å²) in [6, 6.07) is 0. The molecule has 1 heterocycles. The van der Waals surface area contributed by atoms with Crippen LogP contribution in [-0.2, 0) is 22.6 Å². The topological polar surface area (TPSA) is 60.2 Å². The van der Waals surface area contributed by atoms with E-state index < -0.39 is 0 Å². The molecule has 0 aliphatic carbocycles. The standard InChI is InChI=1S/C10H18N4O2/c1-4-14-9(11-8-12-14)7-13(2)6-5-10(15)16-3/h8H,4-7H2,1-3H3. The summed E-state index contributed by atoms with van der Waals surface area (Å²) in [5, 5.41) is 4.09. The molecule has 0 bridgehead atoms. The smallest absolute Gasteiger partial charge is 0.306 e. The number of rotatable bonds is 6. The zero-order valence-corrected chi connectivity index (χ0v) is 10.0. The van der Waals surface area contributed by atoms with Crippen molar-refractivity contribution in [3.05, 3.63) is 12.2 Å². The van der Waals surface area contributed by atoms with Crippen LogP contribution in [-0.4, -0.2) is 46.3 Å². The maximum absolute atomic E-state index is 11.0. The highest BCUT2D eigenvalue weighted by Gasteiger charge is 2.08. The summed E-state index contributed by atoms with van der Waals surface area (Å²) in [6.45, 7) is 4.17. The van der Waals surface area contributed by atoms with E-state index in [4.69, 9.17) is 0 Å². The molecule has 6 heteroatoms. The van der Waals surface area contributed by atoms with Gasteiger partial charge in [-0.05, 0) is 14.0 Å². The molecule has 0 amide bonds. The fourth-order valence-corrected chi connectivity index (χ4v) is 1.38. The number of aryl methyl sites for hydroxylation is 1. The van der Waals surface area contributed by atoms with E-state index in [2.05, 4.69) is 14.8 Å². The molecule has 0 spiro atoms. The summed E-state index contributed by atoms with van der Waals surface area (Å²) in [5.74, 6) is 0.721. The maximum atomic E-state index is 11.0. The van der Waals surface area contributed by atoms with Crippen LogP contribution in [0.4, 0.5) is 0 Å². The number of hydrogen-bond acceptors (Lipinski definition) is 5. The first kappa shape index (κ1) is 12.6. The van der Waals surface area contributed by atoms with E-state index in [1.165, 1.54) is 7.11 Å². The second-order valence-electron chi connectivity index (χ2n) is 3.56. The molecule has 1 rings (SSSR count). The molecule has 0 saturated heterocycles. The minimum absolute atomic E-state index is 0.191. The van der Waals surface area contributed by atoms with Gasteiger partial charge in [0.1, 0.15) is 12.2 Å². The van der Waals surface area contributed by atoms with Crippen LogP contribution in [0.15, 0.2) is 6.33 Å². The number of carbonyl (C=O) groups is 1. The van der Waals surface area contributed by atoms with Gasteiger partial charge in [0.05, 0.1) is 20.1 Å². The van der Waals surface area contributed by atoms with Gasteiger partial charge in [-0.2, -0.15) is 5.10 Å². The zero-order valence-electron chi connectivity index (χ0n) is 10.0. The van der Waals surface area contributed by atoms with Gasteiger partial charge in [0.25, 0.3) is 0 Å². The third-order valence-electron chi connectivity index (χ3n) is 2.33. The SMILES string of the molecule is CCn1ncnc1CN(C)CCC(=O)OC. The Labute approximate surface area is 95.2 Å². The van der Waals surface area contributed by atoms with Crippen LogP contribution in [0.5, 0.6) is 0 Å². The summed E-state index contributed by atoms with van der Waals surface area (Å²) in [5.41, 5.74) is 0. The summed E-state index contributed by atoms with van der Waals surface area (Å²) in [4.78, 5) is 17.1. The molecule has 16 heavy (non-hydrogen) atoms. The molecule has 0 aliphatic heterocycles. The van der Waals surface area contributed by atoms with Crippen molar-refractivity contribution in [3.8, 4) is 0 Å². The lowest BCUT2D eigenvalue weighted by atomic mass is 10.4. The minimum atomic E-state index is -0.191. The van der Waals surface area contributed by atoms with Crippen LogP contribution in [0.2, 0.25) is 0 Å². The van der Waals surface area contributed by atoms with Crippen molar-refractivity contribution in [2.45, 2.75) is 26.4 Å². The van der Waals surface area contributed by atoms with E-state index in [-0.39, 0.29) is 5.97 Å². The van der Waals surface area contributed by atoms with Crippen LogP contribution in [0.1, 0.15) is 19.2 Å². The number of carbonyl (C=O) groups excluding carboxylic acids is 1. The van der Waals surface area contributed by atoms with Gasteiger partial charge in [0.2, 0.25) is 0 Å². The average molecular weight is 226 g/mol. The fourth-order valence-electron chi connectivity index (χ4n) is 1.38. The van der Waals surface area contributed by atoms with Gasteiger partial charge >= 0.3 is 5.97 Å². The molecule has 0 fully saturated rings. The minimum Gasteiger partial charge on any atom is -0.469 e. The Balaban J connectivity index is 2.39. The van der Waals surface area contributed by atoms with Crippen molar-refractivity contribution < 1.29 is 9.53 Å². The molecule has 0 atom stereocenters. The van der Waals surface area contributed by atoms with Gasteiger partial charge in [0.15, 0.2) is 0 Å². The molecule has 0 radical (unpaired) electrons. The molecule has 0 unspecified atom stereocenters. The number of esters is 1. The van der Waals surface area contributed by atoms with Gasteiger partial charge in [-0.1, -0.05) is 0 Å². The quantitative estimate of drug-likeness (QED) is 0.653. The van der Waals surface area contributed by atoms with Crippen LogP contribution in [0, 0.1) is 0 Å². The van der Waals surface area contributed by atoms with E-state index in [1.54, 1.807) is 6.33 Å². The summed E-state index contributed by atoms with van der Waals surface area (Å²) < 4.78 is 6.42. The predicted octanol–water partition coefficient (Wildman–Crippen LogP) is 0.293. The van der Waals surface area contributed by atoms with Crippen molar-refractivity contribution in [2.24, 2.45) is 0 Å². The van der Waals surface area contributed by atoms with Gasteiger partial charge in [-0.15, -0.1) is 0 Å². The average Bonchev–Trinajstić information content (AvgIpc) is 2.73. The van der Waals surface area contributed by atoms with E-state index in [9.17, 15) is 4.79 Å². The molecule has 90 valence electrons. The van der Waals surface area contributed by atoms with Crippen molar-refractivity contribution in [3.63, 3.8) is 0 Å². The molecular formula is C10H18N4O2. The predicted molar refractivity (Wildman–Crippen MR) is 58.7 cm³/mol. The molecule has 0 N–H and O–H groups in total. The first-order chi connectivity index (χ1) is 7.67. The molecule has 0 saturated carbocycles. The second kappa shape index (κ2) is 6.22. The van der Waals surface area contributed by atoms with Gasteiger partial charge in [0, 0.05) is 13.1 Å². The number of methoxy groups -OCH3 is 1. The first-order valence-corrected chi connectivity index (χ1v) is 5.29. The Morgan fingerprint density at radius 2 is 2.38 bits per heavy atom. The van der Waals surface area contributed by atoms with Crippen molar-refractivity contribution in [1.29, 1.82) is 0 Å². The first-order valence-electron chi connectivity index (χ1n) is 5.29. The highest BCUT2D eigenvalue weighted by Crippen LogP contribution is 2.00. The van der Waals surface area contributed by atoms with Gasteiger partial charge in [-0.25, -0.2) is 9.67 Å². The van der Waals surface area contributed by atoms with Gasteiger partial charge in [-0.3, -0.25) is 9.69 Å². The third kappa shape index (κ3) is 3.62. The molecule has 0 aliphatic rings. The second-order valence-corrected chi connectivity index (χ2v) is 3.56. The van der Waals surface area contributed by atoms with E-state index in [0.29, 0.717) is 19.5 Å². The maximum Gasteiger partial charge on any atom is 0.306 e. The van der Waals surface area contributed by atoms with Crippen LogP contribution in [0.25, 0.3) is 0 Å². The summed E-state index contributed by atoms with van der Waals surface area (Å²) >= 11 is 0. The van der Waals surface area contributed by atoms with Crippen molar-refractivity contribution >= 4 is 5.97 Å². The highest BCUT2D eigenvalue weighted by molar-refractivity contribution is 5.69. The van der Waals surface area contributed by atoms with Crippen LogP contribution in [0.3, 0.4) is 0 Å². The Morgan fingerprint density at radius 1 is 1.62 bits per heavy atom. The Hall–Kier alpha value is -1.43. The van der Waals surface area contributed by atoms with Crippen LogP contribution < -0.4 is 0 Å². The highest BCUT2D eigenvalue weighted by atomic mass is 16.5. The lowest BCUT2D eigenvalue weighted by Crippen LogP contribution is -2.24. The van der Waals surface area contributed by atoms with Crippen molar-refractivity contribution in [2.75, 3.05) is 20.7 Å². The third-order valence-corrected chi connectivity index (χ3v) is 2.33. The normalized spacial score (nSPS) is 10.8. The monoisotopic (exact) mass is 226 g/mol. The lowest BCUT2D eigenvalue weighted by molar-refractivity contribution is -0.140. The summed E-state index contributed by atoms with van der Waals surface area (Å²) in [7, 11) is 3.34. The van der Waals surface area contributed by atoms with Crippen LogP contribution >= 0.6 is 0 Å². The summed E-state index contributed by atoms with van der Waals surface area (Å²) in [6.07, 6.45) is 1.94. The number of hydrogen-bond donors (Lipinski definition) is 0. The molecular weight excluding hydrogens is 208 g/mol. The number of nitrogens with zero attached hydrogens (tertiary/aromatic N) is 4. The molecule has 6 nitrogen and oxygen atoms in total. The Bertz CT molecular complexity index is 337. The van der Waals surface area contributed by atoms with E-state index >= 15 is 0 Å². The molecule has 1 aromatic rings. The van der Waals surface area contributed by atoms with E-state index in [1.807, 2.05) is 23.6 Å². The van der Waals surface area contributed by atoms with Gasteiger partial charge < -0.3 is 4.74 Å². The lowest BCUT2D eigenvalue weighted by Gasteiger charge is -2.15.